The minimum Gasteiger partial charge on any atom is -0.494 e. The molecule has 0 spiro atoms. The van der Waals surface area contributed by atoms with E-state index in [1.807, 2.05) is 13.0 Å². The Morgan fingerprint density at radius 1 is 1.41 bits per heavy atom. The molecule has 2 aromatic rings. The molecule has 5 nitrogen and oxygen atoms in total. The van der Waals surface area contributed by atoms with Crippen LogP contribution in [-0.4, -0.2) is 42.9 Å². The highest BCUT2D eigenvalue weighted by Gasteiger charge is 2.16. The Morgan fingerprint density at radius 2 is 2.18 bits per heavy atom. The zero-order valence-corrected chi connectivity index (χ0v) is 13.3. The number of hydrogen-bond acceptors (Lipinski definition) is 5. The standard InChI is InChI=1S/C16H18ClN3O2/c1-3-22-11(2)13-8-12(17)9-14-16(13)19-15(10-18-14)20-4-6-21-7-5-20/h8-10H,2-7H2,1H3. The van der Waals surface area contributed by atoms with Gasteiger partial charge in [-0.05, 0) is 19.1 Å². The van der Waals surface area contributed by atoms with Crippen LogP contribution in [-0.2, 0) is 9.47 Å². The van der Waals surface area contributed by atoms with E-state index in [-0.39, 0.29) is 0 Å². The number of anilines is 1. The van der Waals surface area contributed by atoms with Crippen LogP contribution in [0.3, 0.4) is 0 Å². The molecule has 1 fully saturated rings. The summed E-state index contributed by atoms with van der Waals surface area (Å²) in [5, 5.41) is 0.594. The van der Waals surface area contributed by atoms with Crippen LogP contribution in [0.2, 0.25) is 5.02 Å². The summed E-state index contributed by atoms with van der Waals surface area (Å²) in [5.74, 6) is 1.40. The van der Waals surface area contributed by atoms with E-state index in [1.54, 1.807) is 12.3 Å². The van der Waals surface area contributed by atoms with Gasteiger partial charge in [0.15, 0.2) is 0 Å². The van der Waals surface area contributed by atoms with Crippen molar-refractivity contribution in [2.75, 3.05) is 37.8 Å². The average Bonchev–Trinajstić information content (AvgIpc) is 2.54. The van der Waals surface area contributed by atoms with Crippen molar-refractivity contribution < 1.29 is 9.47 Å². The summed E-state index contributed by atoms with van der Waals surface area (Å²) in [4.78, 5) is 11.4. The zero-order chi connectivity index (χ0) is 15.5. The molecule has 116 valence electrons. The molecule has 2 heterocycles. The predicted molar refractivity (Wildman–Crippen MR) is 88.2 cm³/mol. The van der Waals surface area contributed by atoms with Gasteiger partial charge in [0, 0.05) is 23.7 Å². The van der Waals surface area contributed by atoms with Crippen LogP contribution in [0, 0.1) is 0 Å². The van der Waals surface area contributed by atoms with Crippen molar-refractivity contribution in [3.05, 3.63) is 35.5 Å². The number of fused-ring (bicyclic) bond motifs is 1. The van der Waals surface area contributed by atoms with Crippen molar-refractivity contribution in [1.82, 2.24) is 9.97 Å². The lowest BCUT2D eigenvalue weighted by molar-refractivity contribution is 0.122. The summed E-state index contributed by atoms with van der Waals surface area (Å²) in [7, 11) is 0. The molecular weight excluding hydrogens is 302 g/mol. The summed E-state index contributed by atoms with van der Waals surface area (Å²) < 4.78 is 10.9. The molecule has 1 saturated heterocycles. The van der Waals surface area contributed by atoms with Gasteiger partial charge in [0.2, 0.25) is 0 Å². The third-order valence-corrected chi connectivity index (χ3v) is 3.77. The molecule has 1 aliphatic rings. The Labute approximate surface area is 134 Å². The van der Waals surface area contributed by atoms with Crippen LogP contribution in [0.1, 0.15) is 12.5 Å². The zero-order valence-electron chi connectivity index (χ0n) is 12.5. The van der Waals surface area contributed by atoms with E-state index in [2.05, 4.69) is 16.5 Å². The first-order valence-corrected chi connectivity index (χ1v) is 7.68. The maximum Gasteiger partial charge on any atom is 0.148 e. The molecule has 1 aromatic carbocycles. The molecule has 0 aliphatic carbocycles. The van der Waals surface area contributed by atoms with E-state index in [1.165, 1.54) is 0 Å². The molecule has 3 rings (SSSR count). The fourth-order valence-electron chi connectivity index (χ4n) is 2.48. The fourth-order valence-corrected chi connectivity index (χ4v) is 2.69. The third-order valence-electron chi connectivity index (χ3n) is 3.55. The van der Waals surface area contributed by atoms with Gasteiger partial charge in [-0.3, -0.25) is 4.98 Å². The molecule has 0 atom stereocenters. The molecule has 0 bridgehead atoms. The van der Waals surface area contributed by atoms with Crippen molar-refractivity contribution in [1.29, 1.82) is 0 Å². The van der Waals surface area contributed by atoms with Crippen LogP contribution in [0.4, 0.5) is 5.82 Å². The molecule has 1 aromatic heterocycles. The lowest BCUT2D eigenvalue weighted by Crippen LogP contribution is -2.36. The number of hydrogen-bond donors (Lipinski definition) is 0. The summed E-state index contributed by atoms with van der Waals surface area (Å²) in [6, 6.07) is 3.62. The molecule has 22 heavy (non-hydrogen) atoms. The van der Waals surface area contributed by atoms with Crippen molar-refractivity contribution in [3.8, 4) is 0 Å². The number of ether oxygens (including phenoxy) is 2. The Bertz CT molecular complexity index is 699. The first-order chi connectivity index (χ1) is 10.7. The first kappa shape index (κ1) is 15.1. The third kappa shape index (κ3) is 3.00. The number of aromatic nitrogens is 2. The second kappa shape index (κ2) is 6.50. The number of rotatable bonds is 4. The van der Waals surface area contributed by atoms with Crippen LogP contribution >= 0.6 is 11.6 Å². The lowest BCUT2D eigenvalue weighted by Gasteiger charge is -2.27. The van der Waals surface area contributed by atoms with Crippen LogP contribution in [0.15, 0.2) is 24.9 Å². The second-order valence-corrected chi connectivity index (χ2v) is 5.44. The summed E-state index contributed by atoms with van der Waals surface area (Å²) in [5.41, 5.74) is 2.28. The van der Waals surface area contributed by atoms with Gasteiger partial charge in [0.25, 0.3) is 0 Å². The first-order valence-electron chi connectivity index (χ1n) is 7.30. The molecule has 0 radical (unpaired) electrons. The SMILES string of the molecule is C=C(OCC)c1cc(Cl)cc2ncc(N3CCOCC3)nc12. The largest absolute Gasteiger partial charge is 0.494 e. The minimum absolute atomic E-state index is 0.545. The van der Waals surface area contributed by atoms with Gasteiger partial charge in [0.1, 0.15) is 17.1 Å². The van der Waals surface area contributed by atoms with Crippen molar-refractivity contribution in [2.24, 2.45) is 0 Å². The van der Waals surface area contributed by atoms with Crippen molar-refractivity contribution in [2.45, 2.75) is 6.92 Å². The fraction of sp³-hybridized carbons (Fsp3) is 0.375. The molecule has 0 unspecified atom stereocenters. The summed E-state index contributed by atoms with van der Waals surface area (Å²) in [6.45, 7) is 9.47. The van der Waals surface area contributed by atoms with Crippen LogP contribution in [0.5, 0.6) is 0 Å². The highest BCUT2D eigenvalue weighted by molar-refractivity contribution is 6.31. The molecule has 0 amide bonds. The number of nitrogens with zero attached hydrogens (tertiary/aromatic N) is 3. The van der Waals surface area contributed by atoms with Gasteiger partial charge in [-0.15, -0.1) is 0 Å². The Hall–Kier alpha value is -1.85. The lowest BCUT2D eigenvalue weighted by atomic mass is 10.1. The molecule has 0 N–H and O–H groups in total. The Morgan fingerprint density at radius 3 is 2.91 bits per heavy atom. The van der Waals surface area contributed by atoms with Gasteiger partial charge in [0.05, 0.1) is 31.5 Å². The number of benzene rings is 1. The molecule has 6 heteroatoms. The Balaban J connectivity index is 2.06. The van der Waals surface area contributed by atoms with Gasteiger partial charge in [-0.25, -0.2) is 4.98 Å². The molecule has 0 saturated carbocycles. The van der Waals surface area contributed by atoms with E-state index in [9.17, 15) is 0 Å². The van der Waals surface area contributed by atoms with E-state index in [4.69, 9.17) is 26.1 Å². The summed E-state index contributed by atoms with van der Waals surface area (Å²) in [6.07, 6.45) is 1.78. The van der Waals surface area contributed by atoms with Crippen LogP contribution in [0.25, 0.3) is 16.8 Å². The van der Waals surface area contributed by atoms with Gasteiger partial charge < -0.3 is 14.4 Å². The maximum atomic E-state index is 6.17. The molecular formula is C16H18ClN3O2. The minimum atomic E-state index is 0.545. The number of halogens is 1. The number of morpholine rings is 1. The summed E-state index contributed by atoms with van der Waals surface area (Å²) >= 11 is 6.17. The topological polar surface area (TPSA) is 47.5 Å². The van der Waals surface area contributed by atoms with Crippen molar-refractivity contribution >= 4 is 34.2 Å². The Kier molecular flexibility index (Phi) is 4.45. The van der Waals surface area contributed by atoms with E-state index >= 15 is 0 Å². The van der Waals surface area contributed by atoms with E-state index in [0.717, 1.165) is 35.5 Å². The second-order valence-electron chi connectivity index (χ2n) is 5.00. The smallest absolute Gasteiger partial charge is 0.148 e. The van der Waals surface area contributed by atoms with Crippen molar-refractivity contribution in [3.63, 3.8) is 0 Å². The highest BCUT2D eigenvalue weighted by atomic mass is 35.5. The monoisotopic (exact) mass is 319 g/mol. The van der Waals surface area contributed by atoms with Gasteiger partial charge in [-0.1, -0.05) is 18.2 Å². The van der Waals surface area contributed by atoms with Crippen LogP contribution < -0.4 is 4.90 Å². The molecule has 1 aliphatic heterocycles. The maximum absolute atomic E-state index is 6.17. The normalized spacial score (nSPS) is 15.1. The average molecular weight is 320 g/mol. The quantitative estimate of drug-likeness (QED) is 0.810. The van der Waals surface area contributed by atoms with E-state index < -0.39 is 0 Å². The predicted octanol–water partition coefficient (Wildman–Crippen LogP) is 3.13. The van der Waals surface area contributed by atoms with E-state index in [0.29, 0.717) is 30.6 Å². The van der Waals surface area contributed by atoms with Gasteiger partial charge in [-0.2, -0.15) is 0 Å². The van der Waals surface area contributed by atoms with Gasteiger partial charge >= 0.3 is 0 Å². The highest BCUT2D eigenvalue weighted by Crippen LogP contribution is 2.28.